The largest absolute Gasteiger partial charge is 0.396 e. The predicted octanol–water partition coefficient (Wildman–Crippen LogP) is 0.903. The van der Waals surface area contributed by atoms with Gasteiger partial charge in [0.05, 0.1) is 11.4 Å². The molecule has 0 radical (unpaired) electrons. The minimum Gasteiger partial charge on any atom is -0.396 e. The van der Waals surface area contributed by atoms with Gasteiger partial charge in [-0.1, -0.05) is 6.07 Å². The van der Waals surface area contributed by atoms with Gasteiger partial charge in [0, 0.05) is 25.9 Å². The van der Waals surface area contributed by atoms with Crippen LogP contribution in [0, 0.1) is 5.82 Å². The number of Topliss-reactive ketones (excluding diaryl/α,β-unsaturated/α-hetero) is 1. The highest BCUT2D eigenvalue weighted by atomic mass is 32.2. The second-order valence-electron chi connectivity index (χ2n) is 4.55. The number of carbonyl (C=O) groups excluding carboxylic acids is 1. The summed E-state index contributed by atoms with van der Waals surface area (Å²) in [4.78, 5) is 11.1. The van der Waals surface area contributed by atoms with Crippen molar-refractivity contribution in [3.05, 3.63) is 29.6 Å². The zero-order valence-corrected chi connectivity index (χ0v) is 11.1. The maximum atomic E-state index is 13.0. The van der Waals surface area contributed by atoms with E-state index in [-0.39, 0.29) is 43.2 Å². The number of hydrogen-bond donors (Lipinski definition) is 1. The van der Waals surface area contributed by atoms with Crippen molar-refractivity contribution in [2.75, 3.05) is 18.8 Å². The van der Waals surface area contributed by atoms with Gasteiger partial charge in [0.15, 0.2) is 0 Å². The van der Waals surface area contributed by atoms with Crippen LogP contribution >= 0.6 is 0 Å². The van der Waals surface area contributed by atoms with Crippen LogP contribution in [0.3, 0.4) is 0 Å². The van der Waals surface area contributed by atoms with E-state index in [0.29, 0.717) is 5.56 Å². The van der Waals surface area contributed by atoms with Crippen LogP contribution in [-0.2, 0) is 20.6 Å². The number of sulfonamides is 1. The maximum absolute atomic E-state index is 13.0. The fourth-order valence-corrected chi connectivity index (χ4v) is 3.52. The number of nitrogen functional groups attached to an aromatic ring is 1. The van der Waals surface area contributed by atoms with E-state index < -0.39 is 15.8 Å². The fourth-order valence-electron chi connectivity index (χ4n) is 2.00. The van der Waals surface area contributed by atoms with E-state index >= 15 is 0 Å². The highest BCUT2D eigenvalue weighted by Crippen LogP contribution is 2.18. The van der Waals surface area contributed by atoms with Gasteiger partial charge in [-0.3, -0.25) is 4.79 Å². The van der Waals surface area contributed by atoms with Crippen LogP contribution in [0.5, 0.6) is 0 Å². The van der Waals surface area contributed by atoms with Gasteiger partial charge in [0.1, 0.15) is 11.6 Å². The lowest BCUT2D eigenvalue weighted by Gasteiger charge is -2.25. The summed E-state index contributed by atoms with van der Waals surface area (Å²) in [5.41, 5.74) is 5.78. The Morgan fingerprint density at radius 2 is 1.89 bits per heavy atom. The molecule has 7 heteroatoms. The predicted molar refractivity (Wildman–Crippen MR) is 69.3 cm³/mol. The smallest absolute Gasteiger partial charge is 0.218 e. The lowest BCUT2D eigenvalue weighted by molar-refractivity contribution is -0.120. The highest BCUT2D eigenvalue weighted by molar-refractivity contribution is 7.88. The van der Waals surface area contributed by atoms with Crippen molar-refractivity contribution in [3.63, 3.8) is 0 Å². The van der Waals surface area contributed by atoms with Gasteiger partial charge in [-0.25, -0.2) is 17.1 Å². The van der Waals surface area contributed by atoms with Gasteiger partial charge in [0.2, 0.25) is 10.0 Å². The SMILES string of the molecule is Nc1cc(CS(=O)(=O)N2CCC(=O)CC2)ccc1F. The Kier molecular flexibility index (Phi) is 3.86. The van der Waals surface area contributed by atoms with Crippen LogP contribution in [0.2, 0.25) is 0 Å². The number of rotatable bonds is 3. The number of hydrogen-bond acceptors (Lipinski definition) is 4. The summed E-state index contributed by atoms with van der Waals surface area (Å²) in [6.07, 6.45) is 0.509. The second kappa shape index (κ2) is 5.26. The van der Waals surface area contributed by atoms with E-state index in [1.165, 1.54) is 16.4 Å². The van der Waals surface area contributed by atoms with Crippen molar-refractivity contribution in [1.29, 1.82) is 0 Å². The molecule has 0 atom stereocenters. The van der Waals surface area contributed by atoms with Crippen LogP contribution < -0.4 is 5.73 Å². The Hall–Kier alpha value is -1.47. The quantitative estimate of drug-likeness (QED) is 0.837. The van der Waals surface area contributed by atoms with Gasteiger partial charge >= 0.3 is 0 Å². The number of halogens is 1. The lowest BCUT2D eigenvalue weighted by Crippen LogP contribution is -2.39. The number of carbonyl (C=O) groups is 1. The summed E-state index contributed by atoms with van der Waals surface area (Å²) in [7, 11) is -3.49. The number of nitrogens with zero attached hydrogens (tertiary/aromatic N) is 1. The molecule has 1 aromatic carbocycles. The molecular formula is C12H15FN2O3S. The number of benzene rings is 1. The zero-order chi connectivity index (χ0) is 14.0. The van der Waals surface area contributed by atoms with Crippen molar-refractivity contribution in [2.45, 2.75) is 18.6 Å². The zero-order valence-electron chi connectivity index (χ0n) is 10.3. The molecule has 0 aliphatic carbocycles. The minimum atomic E-state index is -3.49. The molecule has 1 aliphatic heterocycles. The van der Waals surface area contributed by atoms with Gasteiger partial charge in [-0.05, 0) is 17.7 Å². The molecule has 1 aromatic rings. The standard InChI is InChI=1S/C12H15FN2O3S/c13-11-2-1-9(7-12(11)14)8-19(17,18)15-5-3-10(16)4-6-15/h1-2,7H,3-6,8,14H2. The Balaban J connectivity index is 2.12. The Morgan fingerprint density at radius 1 is 1.26 bits per heavy atom. The minimum absolute atomic E-state index is 0.0680. The Labute approximate surface area is 111 Å². The molecule has 1 heterocycles. The van der Waals surface area contributed by atoms with E-state index in [9.17, 15) is 17.6 Å². The number of ketones is 1. The monoisotopic (exact) mass is 286 g/mol. The average Bonchev–Trinajstić information content (AvgIpc) is 2.34. The summed E-state index contributed by atoms with van der Waals surface area (Å²) in [5, 5.41) is 0. The first-order chi connectivity index (χ1) is 8.88. The summed E-state index contributed by atoms with van der Waals surface area (Å²) < 4.78 is 38.6. The first-order valence-electron chi connectivity index (χ1n) is 5.92. The molecule has 1 saturated heterocycles. The molecule has 1 aliphatic rings. The Bertz CT molecular complexity index is 591. The second-order valence-corrected chi connectivity index (χ2v) is 6.52. The van der Waals surface area contributed by atoms with Gasteiger partial charge < -0.3 is 5.73 Å². The van der Waals surface area contributed by atoms with Crippen molar-refractivity contribution in [1.82, 2.24) is 4.31 Å². The Morgan fingerprint density at radius 3 is 2.47 bits per heavy atom. The lowest BCUT2D eigenvalue weighted by atomic mass is 10.1. The van der Waals surface area contributed by atoms with E-state index in [1.54, 1.807) is 0 Å². The van der Waals surface area contributed by atoms with Crippen LogP contribution in [0.25, 0.3) is 0 Å². The summed E-state index contributed by atoms with van der Waals surface area (Å²) in [5.74, 6) is -0.715. The molecule has 0 spiro atoms. The van der Waals surface area contributed by atoms with Crippen LogP contribution in [0.4, 0.5) is 10.1 Å². The van der Waals surface area contributed by atoms with Crippen molar-refractivity contribution < 1.29 is 17.6 Å². The van der Waals surface area contributed by atoms with Crippen molar-refractivity contribution in [3.8, 4) is 0 Å². The van der Waals surface area contributed by atoms with Crippen LogP contribution in [0.1, 0.15) is 18.4 Å². The molecule has 0 unspecified atom stereocenters. The van der Waals surface area contributed by atoms with Crippen LogP contribution in [-0.4, -0.2) is 31.6 Å². The normalized spacial score (nSPS) is 17.6. The molecule has 0 amide bonds. The van der Waals surface area contributed by atoms with E-state index in [0.717, 1.165) is 6.07 Å². The topological polar surface area (TPSA) is 80.5 Å². The third-order valence-corrected chi connectivity index (χ3v) is 4.93. The van der Waals surface area contributed by atoms with E-state index in [4.69, 9.17) is 5.73 Å². The highest BCUT2D eigenvalue weighted by Gasteiger charge is 2.27. The molecule has 2 N–H and O–H groups in total. The molecule has 0 bridgehead atoms. The average molecular weight is 286 g/mol. The third-order valence-electron chi connectivity index (χ3n) is 3.08. The molecule has 5 nitrogen and oxygen atoms in total. The molecule has 0 saturated carbocycles. The number of piperidine rings is 1. The maximum Gasteiger partial charge on any atom is 0.218 e. The molecular weight excluding hydrogens is 271 g/mol. The molecule has 104 valence electrons. The van der Waals surface area contributed by atoms with Gasteiger partial charge in [0.25, 0.3) is 0 Å². The number of anilines is 1. The molecule has 19 heavy (non-hydrogen) atoms. The molecule has 0 aromatic heterocycles. The summed E-state index contributed by atoms with van der Waals surface area (Å²) >= 11 is 0. The van der Waals surface area contributed by atoms with E-state index in [1.807, 2.05) is 0 Å². The number of nitrogens with two attached hydrogens (primary N) is 1. The molecule has 1 fully saturated rings. The first-order valence-corrected chi connectivity index (χ1v) is 7.53. The molecule has 2 rings (SSSR count). The first kappa shape index (κ1) is 14.0. The van der Waals surface area contributed by atoms with Crippen molar-refractivity contribution in [2.24, 2.45) is 0 Å². The summed E-state index contributed by atoms with van der Waals surface area (Å²) in [6, 6.07) is 3.88. The van der Waals surface area contributed by atoms with E-state index in [2.05, 4.69) is 0 Å². The fraction of sp³-hybridized carbons (Fsp3) is 0.417. The summed E-state index contributed by atoms with van der Waals surface area (Å²) in [6.45, 7) is 0.440. The van der Waals surface area contributed by atoms with Gasteiger partial charge in [-0.2, -0.15) is 0 Å². The van der Waals surface area contributed by atoms with Gasteiger partial charge in [-0.15, -0.1) is 0 Å². The third kappa shape index (κ3) is 3.30. The van der Waals surface area contributed by atoms with Crippen LogP contribution in [0.15, 0.2) is 18.2 Å². The van der Waals surface area contributed by atoms with Crippen molar-refractivity contribution >= 4 is 21.5 Å².